The highest BCUT2D eigenvalue weighted by Crippen LogP contribution is 2.22. The van der Waals surface area contributed by atoms with Crippen LogP contribution in [-0.4, -0.2) is 42.0 Å². The van der Waals surface area contributed by atoms with Crippen LogP contribution in [-0.2, 0) is 0 Å². The molecule has 1 unspecified atom stereocenters. The lowest BCUT2D eigenvalue weighted by Crippen LogP contribution is -2.36. The molecule has 1 saturated heterocycles. The molecule has 8 heteroatoms. The molecular weight excluding hydrogens is 262 g/mol. The van der Waals surface area contributed by atoms with Gasteiger partial charge in [-0.1, -0.05) is 0 Å². The van der Waals surface area contributed by atoms with Crippen LogP contribution in [0, 0.1) is 10.1 Å². The molecule has 1 fully saturated rings. The van der Waals surface area contributed by atoms with Gasteiger partial charge < -0.3 is 16.0 Å². The van der Waals surface area contributed by atoms with Crippen molar-refractivity contribution in [1.29, 1.82) is 0 Å². The number of nitro groups is 1. The van der Waals surface area contributed by atoms with Crippen molar-refractivity contribution >= 4 is 17.4 Å². The number of hydrogen-bond acceptors (Lipinski definition) is 6. The second kappa shape index (κ2) is 5.83. The maximum Gasteiger partial charge on any atom is 0.288 e. The summed E-state index contributed by atoms with van der Waals surface area (Å²) in [7, 11) is 1.79. The third-order valence-electron chi connectivity index (χ3n) is 3.35. The topological polar surface area (TPSA) is 114 Å². The third-order valence-corrected chi connectivity index (χ3v) is 3.35. The van der Waals surface area contributed by atoms with E-state index >= 15 is 0 Å². The zero-order chi connectivity index (χ0) is 14.7. The molecule has 2 rings (SSSR count). The Kier molecular flexibility index (Phi) is 4.14. The number of hydrogen-bond donors (Lipinski definition) is 2. The number of amides is 1. The minimum Gasteiger partial charge on any atom is -0.365 e. The molecule has 0 saturated carbocycles. The highest BCUT2D eigenvalue weighted by Gasteiger charge is 2.22. The normalized spacial score (nSPS) is 17.9. The first-order valence-corrected chi connectivity index (χ1v) is 6.38. The summed E-state index contributed by atoms with van der Waals surface area (Å²) in [6.45, 7) is 1.65. The standard InChI is InChI=1S/C12H17N5O3/c1-16(7-8-3-2-4-14-8)12-10(11(13)18)5-9(6-15-12)17(19)20/h5-6,8,14H,2-4,7H2,1H3,(H2,13,18). The number of pyridine rings is 1. The van der Waals surface area contributed by atoms with Gasteiger partial charge >= 0.3 is 0 Å². The molecule has 2 heterocycles. The van der Waals surface area contributed by atoms with Crippen LogP contribution < -0.4 is 16.0 Å². The number of primary amides is 1. The summed E-state index contributed by atoms with van der Waals surface area (Å²) in [6, 6.07) is 1.50. The Hall–Kier alpha value is -2.22. The zero-order valence-electron chi connectivity index (χ0n) is 11.2. The molecule has 1 aliphatic rings. The van der Waals surface area contributed by atoms with Gasteiger partial charge in [-0.2, -0.15) is 0 Å². The summed E-state index contributed by atoms with van der Waals surface area (Å²) in [5.74, 6) is -0.348. The fraction of sp³-hybridized carbons (Fsp3) is 0.500. The molecule has 8 nitrogen and oxygen atoms in total. The summed E-state index contributed by atoms with van der Waals surface area (Å²) in [4.78, 5) is 27.4. The number of nitrogens with one attached hydrogen (secondary N) is 1. The van der Waals surface area contributed by atoms with Crippen molar-refractivity contribution < 1.29 is 9.72 Å². The van der Waals surface area contributed by atoms with Gasteiger partial charge in [0, 0.05) is 25.7 Å². The van der Waals surface area contributed by atoms with Gasteiger partial charge in [0.25, 0.3) is 11.6 Å². The lowest BCUT2D eigenvalue weighted by atomic mass is 10.2. The number of likely N-dealkylation sites (N-methyl/N-ethyl adjacent to an activating group) is 1. The fourth-order valence-corrected chi connectivity index (χ4v) is 2.36. The first-order chi connectivity index (χ1) is 9.49. The van der Waals surface area contributed by atoms with Crippen LogP contribution >= 0.6 is 0 Å². The van der Waals surface area contributed by atoms with Gasteiger partial charge in [-0.15, -0.1) is 0 Å². The van der Waals surface area contributed by atoms with E-state index in [9.17, 15) is 14.9 Å². The summed E-state index contributed by atoms with van der Waals surface area (Å²) in [6.07, 6.45) is 3.32. The van der Waals surface area contributed by atoms with Gasteiger partial charge in [0.15, 0.2) is 0 Å². The van der Waals surface area contributed by atoms with E-state index in [1.54, 1.807) is 11.9 Å². The molecule has 0 spiro atoms. The number of aromatic nitrogens is 1. The second-order valence-electron chi connectivity index (χ2n) is 4.86. The molecule has 1 aromatic rings. The Labute approximate surface area is 116 Å². The van der Waals surface area contributed by atoms with Crippen LogP contribution in [0.5, 0.6) is 0 Å². The van der Waals surface area contributed by atoms with Gasteiger partial charge in [-0.25, -0.2) is 4.98 Å². The largest absolute Gasteiger partial charge is 0.365 e. The van der Waals surface area contributed by atoms with E-state index in [0.717, 1.165) is 25.6 Å². The number of carbonyl (C=O) groups is 1. The molecule has 0 aromatic carbocycles. The third kappa shape index (κ3) is 3.02. The van der Waals surface area contributed by atoms with Crippen molar-refractivity contribution in [3.63, 3.8) is 0 Å². The molecule has 1 amide bonds. The van der Waals surface area contributed by atoms with Crippen molar-refractivity contribution in [2.24, 2.45) is 5.73 Å². The van der Waals surface area contributed by atoms with Gasteiger partial charge in [0.2, 0.25) is 0 Å². The quantitative estimate of drug-likeness (QED) is 0.591. The van der Waals surface area contributed by atoms with E-state index in [2.05, 4.69) is 10.3 Å². The highest BCUT2D eigenvalue weighted by molar-refractivity contribution is 5.98. The van der Waals surface area contributed by atoms with Gasteiger partial charge in [-0.3, -0.25) is 14.9 Å². The summed E-state index contributed by atoms with van der Waals surface area (Å²) in [5.41, 5.74) is 5.11. The molecule has 0 bridgehead atoms. The molecule has 1 atom stereocenters. The van der Waals surface area contributed by atoms with Crippen molar-refractivity contribution in [1.82, 2.24) is 10.3 Å². The second-order valence-corrected chi connectivity index (χ2v) is 4.86. The Bertz CT molecular complexity index is 528. The van der Waals surface area contributed by atoms with Crippen LogP contribution in [0.3, 0.4) is 0 Å². The van der Waals surface area contributed by atoms with E-state index < -0.39 is 10.8 Å². The van der Waals surface area contributed by atoms with E-state index in [1.807, 2.05) is 0 Å². The van der Waals surface area contributed by atoms with Crippen molar-refractivity contribution in [3.8, 4) is 0 Å². The summed E-state index contributed by atoms with van der Waals surface area (Å²) < 4.78 is 0. The molecule has 1 aromatic heterocycles. The summed E-state index contributed by atoms with van der Waals surface area (Å²) >= 11 is 0. The average molecular weight is 279 g/mol. The molecule has 3 N–H and O–H groups in total. The maximum absolute atomic E-state index is 11.5. The number of nitrogens with two attached hydrogens (primary N) is 1. The minimum absolute atomic E-state index is 0.0692. The molecule has 20 heavy (non-hydrogen) atoms. The maximum atomic E-state index is 11.5. The lowest BCUT2D eigenvalue weighted by Gasteiger charge is -2.23. The minimum atomic E-state index is -0.720. The van der Waals surface area contributed by atoms with E-state index in [0.29, 0.717) is 18.4 Å². The predicted molar refractivity (Wildman–Crippen MR) is 73.7 cm³/mol. The van der Waals surface area contributed by atoms with Gasteiger partial charge in [-0.05, 0) is 19.4 Å². The summed E-state index contributed by atoms with van der Waals surface area (Å²) in [5, 5.41) is 14.1. The highest BCUT2D eigenvalue weighted by atomic mass is 16.6. The molecule has 0 radical (unpaired) electrons. The first-order valence-electron chi connectivity index (χ1n) is 6.38. The monoisotopic (exact) mass is 279 g/mol. The van der Waals surface area contributed by atoms with Crippen molar-refractivity contribution in [3.05, 3.63) is 27.9 Å². The van der Waals surface area contributed by atoms with Crippen LogP contribution in [0.25, 0.3) is 0 Å². The molecule has 0 aliphatic carbocycles. The van der Waals surface area contributed by atoms with E-state index in [4.69, 9.17) is 5.73 Å². The van der Waals surface area contributed by atoms with Gasteiger partial charge in [0.1, 0.15) is 12.0 Å². The average Bonchev–Trinajstić information content (AvgIpc) is 2.90. The number of nitrogens with zero attached hydrogens (tertiary/aromatic N) is 3. The Morgan fingerprint density at radius 3 is 3.00 bits per heavy atom. The molecule has 108 valence electrons. The van der Waals surface area contributed by atoms with Crippen molar-refractivity contribution in [2.75, 3.05) is 25.0 Å². The number of rotatable bonds is 5. The van der Waals surface area contributed by atoms with Gasteiger partial charge in [0.05, 0.1) is 10.5 Å². The predicted octanol–water partition coefficient (Wildman–Crippen LogP) is 0.277. The number of carbonyl (C=O) groups excluding carboxylic acids is 1. The fourth-order valence-electron chi connectivity index (χ4n) is 2.36. The molecule has 1 aliphatic heterocycles. The lowest BCUT2D eigenvalue weighted by molar-refractivity contribution is -0.385. The van der Waals surface area contributed by atoms with E-state index in [1.165, 1.54) is 6.07 Å². The Balaban J connectivity index is 2.24. The van der Waals surface area contributed by atoms with Crippen LogP contribution in [0.1, 0.15) is 23.2 Å². The van der Waals surface area contributed by atoms with Crippen LogP contribution in [0.15, 0.2) is 12.3 Å². The Morgan fingerprint density at radius 1 is 1.70 bits per heavy atom. The number of anilines is 1. The molecular formula is C12H17N5O3. The Morgan fingerprint density at radius 2 is 2.45 bits per heavy atom. The first kappa shape index (κ1) is 14.2. The zero-order valence-corrected chi connectivity index (χ0v) is 11.2. The van der Waals surface area contributed by atoms with Crippen LogP contribution in [0.2, 0.25) is 0 Å². The SMILES string of the molecule is CN(CC1CCCN1)c1ncc([N+](=O)[O-])cc1C(N)=O. The van der Waals surface area contributed by atoms with Crippen LogP contribution in [0.4, 0.5) is 11.5 Å². The van der Waals surface area contributed by atoms with Crippen molar-refractivity contribution in [2.45, 2.75) is 18.9 Å². The van der Waals surface area contributed by atoms with E-state index in [-0.39, 0.29) is 11.3 Å². The smallest absolute Gasteiger partial charge is 0.288 e.